The second kappa shape index (κ2) is 14.0. The molecule has 0 amide bonds. The first-order chi connectivity index (χ1) is 21.0. The van der Waals surface area contributed by atoms with Gasteiger partial charge < -0.3 is 14.2 Å². The Bertz CT molecular complexity index is 1250. The molecule has 45 heavy (non-hydrogen) atoms. The maximum absolute atomic E-state index is 15.0. The Labute approximate surface area is 253 Å². The largest absolute Gasteiger partial charge is 0.432 e. The third kappa shape index (κ3) is 8.60. The number of hydrogen-bond donors (Lipinski definition) is 0. The fourth-order valence-electron chi connectivity index (χ4n) is 5.87. The lowest BCUT2D eigenvalue weighted by Gasteiger charge is -2.38. The molecule has 2 unspecified atom stereocenters. The smallest absolute Gasteiger partial charge is 0.422 e. The maximum Gasteiger partial charge on any atom is 0.422 e. The molecule has 2 aromatic rings. The van der Waals surface area contributed by atoms with E-state index in [-0.39, 0.29) is 56.9 Å². The zero-order valence-electron chi connectivity index (χ0n) is 24.3. The van der Waals surface area contributed by atoms with Crippen molar-refractivity contribution in [2.45, 2.75) is 102 Å². The Balaban J connectivity index is 1.34. The van der Waals surface area contributed by atoms with E-state index < -0.39 is 82.0 Å². The molecule has 2 aliphatic rings. The van der Waals surface area contributed by atoms with Gasteiger partial charge >= 0.3 is 18.4 Å². The highest BCUT2D eigenvalue weighted by Crippen LogP contribution is 2.43. The Morgan fingerprint density at radius 3 is 1.80 bits per heavy atom. The van der Waals surface area contributed by atoms with Crippen LogP contribution in [0.5, 0.6) is 5.75 Å². The van der Waals surface area contributed by atoms with Gasteiger partial charge in [0.1, 0.15) is 34.6 Å². The minimum Gasteiger partial charge on any atom is -0.432 e. The average molecular weight is 663 g/mol. The van der Waals surface area contributed by atoms with Gasteiger partial charge in [0.25, 0.3) is 0 Å². The van der Waals surface area contributed by atoms with Gasteiger partial charge in [0.05, 0.1) is 36.2 Å². The molecule has 0 spiro atoms. The van der Waals surface area contributed by atoms with Crippen LogP contribution in [-0.2, 0) is 15.7 Å². The monoisotopic (exact) mass is 662 g/mol. The molecular formula is C31H33F11O3. The molecule has 1 saturated carbocycles. The minimum atomic E-state index is -5.42. The van der Waals surface area contributed by atoms with Crippen molar-refractivity contribution in [1.29, 1.82) is 0 Å². The quantitative estimate of drug-likeness (QED) is 0.177. The molecule has 0 aromatic heterocycles. The molecule has 1 aliphatic carbocycles. The predicted molar refractivity (Wildman–Crippen MR) is 141 cm³/mol. The third-order valence-electron chi connectivity index (χ3n) is 8.33. The van der Waals surface area contributed by atoms with Gasteiger partial charge in [-0.3, -0.25) is 0 Å². The number of hydrogen-bond acceptors (Lipinski definition) is 3. The molecule has 0 radical (unpaired) electrons. The van der Waals surface area contributed by atoms with E-state index in [4.69, 9.17) is 9.47 Å². The van der Waals surface area contributed by atoms with Crippen molar-refractivity contribution in [3.8, 4) is 16.9 Å². The molecule has 14 heteroatoms. The summed E-state index contributed by atoms with van der Waals surface area (Å²) in [6.45, 7) is 1.89. The van der Waals surface area contributed by atoms with Crippen LogP contribution < -0.4 is 4.74 Å². The maximum atomic E-state index is 15.0. The summed E-state index contributed by atoms with van der Waals surface area (Å²) in [5, 5.41) is 0. The van der Waals surface area contributed by atoms with Gasteiger partial charge in [-0.25, -0.2) is 17.6 Å². The molecule has 0 N–H and O–H groups in total. The molecule has 252 valence electrons. The fraction of sp³-hybridized carbons (Fsp3) is 0.613. The number of ether oxygens (including phenoxy) is 3. The summed E-state index contributed by atoms with van der Waals surface area (Å²) in [7, 11) is 0. The number of alkyl halides is 7. The predicted octanol–water partition coefficient (Wildman–Crippen LogP) is 10.4. The van der Waals surface area contributed by atoms with Crippen LogP contribution in [0.4, 0.5) is 48.3 Å². The van der Waals surface area contributed by atoms with Gasteiger partial charge in [0.15, 0.2) is 0 Å². The standard InChI is InChI=1S/C31H33F11O3/c1-2-3-4-5-20-9-8-19(16-43-20)31(41,42)44-21-10-6-18(7-11-21)30(39,40)45-22-14-23(32)27(24(33)15-22)17-12-25(34)28(26(35)13-17)29(36,37)38/h12-15,18-21H,2-11,16H2,1H3. The van der Waals surface area contributed by atoms with E-state index in [1.807, 2.05) is 0 Å². The van der Waals surface area contributed by atoms with Gasteiger partial charge in [0.2, 0.25) is 0 Å². The van der Waals surface area contributed by atoms with E-state index in [9.17, 15) is 48.3 Å². The summed E-state index contributed by atoms with van der Waals surface area (Å²) in [4.78, 5) is 0. The fourth-order valence-corrected chi connectivity index (χ4v) is 5.87. The number of unbranched alkanes of at least 4 members (excludes halogenated alkanes) is 2. The lowest BCUT2D eigenvalue weighted by atomic mass is 9.86. The highest BCUT2D eigenvalue weighted by molar-refractivity contribution is 5.66. The van der Waals surface area contributed by atoms with Gasteiger partial charge in [-0.1, -0.05) is 26.2 Å². The summed E-state index contributed by atoms with van der Waals surface area (Å²) in [6, 6.07) is 0.740. The first kappa shape index (κ1) is 35.2. The molecule has 0 bridgehead atoms. The minimum absolute atomic E-state index is 0.0687. The molecular weight excluding hydrogens is 629 g/mol. The highest BCUT2D eigenvalue weighted by atomic mass is 19.4. The van der Waals surface area contributed by atoms with Crippen LogP contribution in [0, 0.1) is 35.1 Å². The Kier molecular flexibility index (Phi) is 11.0. The SMILES string of the molecule is CCCCCC1CCC(C(F)(F)OC2CCC(C(F)(F)Oc3cc(F)c(-c4cc(F)c(C(F)(F)F)c(F)c4)c(F)c3)CC2)CO1. The second-order valence-electron chi connectivity index (χ2n) is 11.6. The molecule has 2 fully saturated rings. The van der Waals surface area contributed by atoms with Gasteiger partial charge in [-0.2, -0.15) is 30.7 Å². The van der Waals surface area contributed by atoms with Crippen molar-refractivity contribution in [3.05, 3.63) is 53.1 Å². The summed E-state index contributed by atoms with van der Waals surface area (Å²) < 4.78 is 171. The molecule has 2 aromatic carbocycles. The van der Waals surface area contributed by atoms with E-state index in [1.54, 1.807) is 0 Å². The van der Waals surface area contributed by atoms with Gasteiger partial charge in [-0.05, 0) is 62.6 Å². The van der Waals surface area contributed by atoms with Crippen LogP contribution in [0.3, 0.4) is 0 Å². The molecule has 4 rings (SSSR count). The number of benzene rings is 2. The van der Waals surface area contributed by atoms with E-state index in [1.165, 1.54) is 0 Å². The Morgan fingerprint density at radius 1 is 0.711 bits per heavy atom. The van der Waals surface area contributed by atoms with Crippen molar-refractivity contribution in [3.63, 3.8) is 0 Å². The van der Waals surface area contributed by atoms with E-state index >= 15 is 0 Å². The van der Waals surface area contributed by atoms with Crippen molar-refractivity contribution < 1.29 is 62.5 Å². The van der Waals surface area contributed by atoms with Gasteiger partial charge in [-0.15, -0.1) is 0 Å². The van der Waals surface area contributed by atoms with Crippen molar-refractivity contribution in [1.82, 2.24) is 0 Å². The van der Waals surface area contributed by atoms with Crippen molar-refractivity contribution >= 4 is 0 Å². The average Bonchev–Trinajstić information content (AvgIpc) is 2.92. The van der Waals surface area contributed by atoms with Crippen molar-refractivity contribution in [2.24, 2.45) is 11.8 Å². The highest BCUT2D eigenvalue weighted by Gasteiger charge is 2.48. The first-order valence-corrected chi connectivity index (χ1v) is 14.8. The second-order valence-corrected chi connectivity index (χ2v) is 11.6. The Morgan fingerprint density at radius 2 is 1.29 bits per heavy atom. The third-order valence-corrected chi connectivity index (χ3v) is 8.33. The van der Waals surface area contributed by atoms with Crippen LogP contribution in [0.2, 0.25) is 0 Å². The summed E-state index contributed by atoms with van der Waals surface area (Å²) in [6.07, 6.45) is -10.4. The summed E-state index contributed by atoms with van der Waals surface area (Å²) in [5.74, 6) is -11.2. The molecule has 3 nitrogen and oxygen atoms in total. The normalized spacial score (nSPS) is 23.3. The molecule has 1 saturated heterocycles. The van der Waals surface area contributed by atoms with Crippen LogP contribution >= 0.6 is 0 Å². The van der Waals surface area contributed by atoms with E-state index in [0.717, 1.165) is 25.7 Å². The first-order valence-electron chi connectivity index (χ1n) is 14.8. The van der Waals surface area contributed by atoms with Crippen LogP contribution in [0.25, 0.3) is 11.1 Å². The lowest BCUT2D eigenvalue weighted by molar-refractivity contribution is -0.314. The number of rotatable bonds is 11. The lowest BCUT2D eigenvalue weighted by Crippen LogP contribution is -2.44. The van der Waals surface area contributed by atoms with E-state index in [2.05, 4.69) is 11.7 Å². The number of halogens is 11. The summed E-state index contributed by atoms with van der Waals surface area (Å²) in [5.41, 5.74) is -4.36. The molecule has 1 heterocycles. The van der Waals surface area contributed by atoms with Crippen LogP contribution in [0.15, 0.2) is 24.3 Å². The van der Waals surface area contributed by atoms with Crippen molar-refractivity contribution in [2.75, 3.05) is 6.61 Å². The van der Waals surface area contributed by atoms with Crippen LogP contribution in [0.1, 0.15) is 76.7 Å². The summed E-state index contributed by atoms with van der Waals surface area (Å²) >= 11 is 0. The van der Waals surface area contributed by atoms with Crippen LogP contribution in [-0.4, -0.2) is 31.0 Å². The van der Waals surface area contributed by atoms with Gasteiger partial charge in [0, 0.05) is 12.1 Å². The van der Waals surface area contributed by atoms with E-state index in [0.29, 0.717) is 18.6 Å². The topological polar surface area (TPSA) is 27.7 Å². The zero-order valence-corrected chi connectivity index (χ0v) is 24.3. The molecule has 1 aliphatic heterocycles. The molecule has 2 atom stereocenters. The zero-order chi connectivity index (χ0) is 33.2. The Hall–Kier alpha value is -2.61.